The molecule has 11 heteroatoms. The van der Waals surface area contributed by atoms with Gasteiger partial charge in [0.1, 0.15) is 11.3 Å². The Morgan fingerprint density at radius 1 is 0.861 bits per heavy atom. The number of aromatic carboxylic acids is 1. The van der Waals surface area contributed by atoms with E-state index in [1.165, 1.54) is 18.2 Å². The lowest BCUT2D eigenvalue weighted by atomic mass is 9.98. The Balaban J connectivity index is 2.49. The molecule has 1 aliphatic heterocycles. The van der Waals surface area contributed by atoms with Gasteiger partial charge in [0.2, 0.25) is 12.4 Å². The second kappa shape index (κ2) is 13.7. The fourth-order valence-corrected chi connectivity index (χ4v) is 3.68. The zero-order valence-electron chi connectivity index (χ0n) is 21.1. The third-order valence-electron chi connectivity index (χ3n) is 5.37. The molecule has 5 atom stereocenters. The highest BCUT2D eigenvalue weighted by Gasteiger charge is 2.52. The molecule has 1 heterocycles. The van der Waals surface area contributed by atoms with Crippen molar-refractivity contribution < 1.29 is 48.0 Å². The van der Waals surface area contributed by atoms with Gasteiger partial charge >= 0.3 is 23.9 Å². The Kier molecular flexibility index (Phi) is 11.0. The lowest BCUT2D eigenvalue weighted by Gasteiger charge is -2.43. The van der Waals surface area contributed by atoms with Crippen LogP contribution in [0.15, 0.2) is 18.2 Å². The molecule has 0 aromatic heterocycles. The summed E-state index contributed by atoms with van der Waals surface area (Å²) in [5.41, 5.74) is 5.69. The van der Waals surface area contributed by atoms with Crippen LogP contribution in [0.5, 0.6) is 5.75 Å². The van der Waals surface area contributed by atoms with Crippen molar-refractivity contribution >= 4 is 29.6 Å². The first kappa shape index (κ1) is 28.9. The summed E-state index contributed by atoms with van der Waals surface area (Å²) in [6.45, 7) is 6.99. The molecule has 200 valence electrons. The largest absolute Gasteiger partial charge is 0.478 e. The SMILES string of the molecule is CCCC(=O)O[C@@H]1[C@@H](OC(=O)CCC)[C@H](C)O[C@@H](Oc2ccc(N)cc2C(=O)O)[C@@H]1OC(=O)CCC. The van der Waals surface area contributed by atoms with Gasteiger partial charge in [-0.15, -0.1) is 0 Å². The van der Waals surface area contributed by atoms with Gasteiger partial charge in [-0.05, 0) is 44.4 Å². The van der Waals surface area contributed by atoms with E-state index in [1.807, 2.05) is 6.92 Å². The van der Waals surface area contributed by atoms with E-state index in [0.29, 0.717) is 19.3 Å². The number of benzene rings is 1. The summed E-state index contributed by atoms with van der Waals surface area (Å²) in [4.78, 5) is 49.1. The molecule has 11 nitrogen and oxygen atoms in total. The number of nitrogens with two attached hydrogens (primary N) is 1. The molecular formula is C25H35NO10. The molecule has 2 rings (SSSR count). The number of ether oxygens (including phenoxy) is 5. The quantitative estimate of drug-likeness (QED) is 0.242. The normalized spacial score (nSPS) is 23.4. The van der Waals surface area contributed by atoms with Crippen molar-refractivity contribution in [2.75, 3.05) is 5.73 Å². The summed E-state index contributed by atoms with van der Waals surface area (Å²) in [5.74, 6) is -3.11. The standard InChI is InChI=1S/C25H35NO10/c1-5-8-18(27)34-21-14(4)32-25(33-17-12-11-15(26)13-16(17)24(30)31)23(36-20(29)10-7-3)22(21)35-19(28)9-6-2/h11-14,21-23,25H,5-10,26H2,1-4H3,(H,30,31)/t14-,21-,22+,23+,25-/m0/s1. The Morgan fingerprint density at radius 3 is 1.86 bits per heavy atom. The van der Waals surface area contributed by atoms with Gasteiger partial charge in [0.15, 0.2) is 12.2 Å². The lowest BCUT2D eigenvalue weighted by Crippen LogP contribution is -2.62. The van der Waals surface area contributed by atoms with Crippen LogP contribution in [0.1, 0.15) is 76.6 Å². The molecule has 1 aromatic carbocycles. The van der Waals surface area contributed by atoms with Crippen molar-refractivity contribution in [2.24, 2.45) is 0 Å². The minimum Gasteiger partial charge on any atom is -0.478 e. The van der Waals surface area contributed by atoms with Crippen molar-refractivity contribution in [3.63, 3.8) is 0 Å². The first-order valence-electron chi connectivity index (χ1n) is 12.1. The molecule has 1 saturated heterocycles. The molecule has 0 spiro atoms. The number of carbonyl (C=O) groups excluding carboxylic acids is 3. The summed E-state index contributed by atoms with van der Waals surface area (Å²) in [7, 11) is 0. The predicted molar refractivity (Wildman–Crippen MR) is 127 cm³/mol. The highest BCUT2D eigenvalue weighted by atomic mass is 16.7. The van der Waals surface area contributed by atoms with Crippen LogP contribution in [0.3, 0.4) is 0 Å². The third-order valence-corrected chi connectivity index (χ3v) is 5.37. The third kappa shape index (κ3) is 7.84. The van der Waals surface area contributed by atoms with Crippen LogP contribution >= 0.6 is 0 Å². The molecule has 1 fully saturated rings. The summed E-state index contributed by atoms with van der Waals surface area (Å²) >= 11 is 0. The number of carbonyl (C=O) groups is 4. The minimum atomic E-state index is -1.37. The van der Waals surface area contributed by atoms with Crippen molar-refractivity contribution in [3.05, 3.63) is 23.8 Å². The monoisotopic (exact) mass is 509 g/mol. The van der Waals surface area contributed by atoms with Crippen LogP contribution < -0.4 is 10.5 Å². The van der Waals surface area contributed by atoms with Crippen LogP contribution in [0.25, 0.3) is 0 Å². The lowest BCUT2D eigenvalue weighted by molar-refractivity contribution is -0.281. The number of nitrogen functional groups attached to an aromatic ring is 1. The fourth-order valence-electron chi connectivity index (χ4n) is 3.68. The van der Waals surface area contributed by atoms with Crippen molar-refractivity contribution in [2.45, 2.75) is 96.9 Å². The molecule has 0 bridgehead atoms. The van der Waals surface area contributed by atoms with Gasteiger partial charge in [0, 0.05) is 24.9 Å². The Labute approximate surface area is 210 Å². The summed E-state index contributed by atoms with van der Waals surface area (Å²) in [6, 6.07) is 4.01. The van der Waals surface area contributed by atoms with Crippen LogP contribution in [-0.4, -0.2) is 59.7 Å². The van der Waals surface area contributed by atoms with E-state index < -0.39 is 54.6 Å². The zero-order chi connectivity index (χ0) is 26.8. The second-order valence-corrected chi connectivity index (χ2v) is 8.50. The van der Waals surface area contributed by atoms with Gasteiger partial charge < -0.3 is 34.5 Å². The molecule has 1 aliphatic rings. The van der Waals surface area contributed by atoms with Crippen LogP contribution in [0.2, 0.25) is 0 Å². The topological polar surface area (TPSA) is 161 Å². The molecular weight excluding hydrogens is 474 g/mol. The highest BCUT2D eigenvalue weighted by molar-refractivity contribution is 5.92. The van der Waals surface area contributed by atoms with Crippen molar-refractivity contribution in [1.82, 2.24) is 0 Å². The van der Waals surface area contributed by atoms with Gasteiger partial charge in [-0.2, -0.15) is 0 Å². The van der Waals surface area contributed by atoms with Gasteiger partial charge in [-0.1, -0.05) is 20.8 Å². The molecule has 36 heavy (non-hydrogen) atoms. The van der Waals surface area contributed by atoms with E-state index >= 15 is 0 Å². The number of anilines is 1. The second-order valence-electron chi connectivity index (χ2n) is 8.50. The zero-order valence-corrected chi connectivity index (χ0v) is 21.1. The van der Waals surface area contributed by atoms with E-state index in [2.05, 4.69) is 0 Å². The van der Waals surface area contributed by atoms with Crippen molar-refractivity contribution in [3.8, 4) is 5.75 Å². The van der Waals surface area contributed by atoms with Gasteiger partial charge in [0.05, 0.1) is 6.10 Å². The fraction of sp³-hybridized carbons (Fsp3) is 0.600. The Bertz CT molecular complexity index is 933. The average molecular weight is 510 g/mol. The van der Waals surface area contributed by atoms with E-state index in [1.54, 1.807) is 20.8 Å². The number of esters is 3. The van der Waals surface area contributed by atoms with Gasteiger partial charge in [-0.3, -0.25) is 14.4 Å². The molecule has 0 unspecified atom stereocenters. The molecule has 0 aliphatic carbocycles. The van der Waals surface area contributed by atoms with E-state index in [9.17, 15) is 24.3 Å². The molecule has 3 N–H and O–H groups in total. The minimum absolute atomic E-state index is 0.0664. The van der Waals surface area contributed by atoms with Gasteiger partial charge in [-0.25, -0.2) is 4.79 Å². The smallest absolute Gasteiger partial charge is 0.339 e. The number of carboxylic acids is 1. The number of carboxylic acid groups (broad SMARTS) is 1. The number of rotatable bonds is 12. The average Bonchev–Trinajstić information content (AvgIpc) is 2.80. The van der Waals surface area contributed by atoms with E-state index in [4.69, 9.17) is 29.4 Å². The Morgan fingerprint density at radius 2 is 1.36 bits per heavy atom. The van der Waals surface area contributed by atoms with Crippen LogP contribution in [-0.2, 0) is 33.3 Å². The molecule has 0 saturated carbocycles. The maximum Gasteiger partial charge on any atom is 0.339 e. The maximum atomic E-state index is 12.5. The highest BCUT2D eigenvalue weighted by Crippen LogP contribution is 2.32. The van der Waals surface area contributed by atoms with Crippen LogP contribution in [0.4, 0.5) is 5.69 Å². The number of hydrogen-bond donors (Lipinski definition) is 2. The van der Waals surface area contributed by atoms with E-state index in [0.717, 1.165) is 0 Å². The molecule has 0 amide bonds. The first-order chi connectivity index (χ1) is 17.1. The summed E-state index contributed by atoms with van der Waals surface area (Å²) in [5, 5.41) is 9.59. The van der Waals surface area contributed by atoms with E-state index in [-0.39, 0.29) is 36.3 Å². The summed E-state index contributed by atoms with van der Waals surface area (Å²) in [6.07, 6.45) is -4.09. The number of hydrogen-bond acceptors (Lipinski definition) is 10. The van der Waals surface area contributed by atoms with Crippen molar-refractivity contribution in [1.29, 1.82) is 0 Å². The van der Waals surface area contributed by atoms with Gasteiger partial charge in [0.25, 0.3) is 0 Å². The predicted octanol–water partition coefficient (Wildman–Crippen LogP) is 3.23. The molecule has 0 radical (unpaired) electrons. The maximum absolute atomic E-state index is 12.5. The first-order valence-corrected chi connectivity index (χ1v) is 12.1. The molecule has 1 aromatic rings. The van der Waals surface area contributed by atoms with Crippen LogP contribution in [0, 0.1) is 0 Å². The summed E-state index contributed by atoms with van der Waals surface area (Å²) < 4.78 is 28.7. The Hall–Kier alpha value is -3.34.